The molecule has 0 saturated carbocycles. The molecule has 0 amide bonds. The Morgan fingerprint density at radius 1 is 1.67 bits per heavy atom. The fourth-order valence-corrected chi connectivity index (χ4v) is 1.67. The Morgan fingerprint density at radius 2 is 2.53 bits per heavy atom. The van der Waals surface area contributed by atoms with Gasteiger partial charge >= 0.3 is 5.97 Å². The molecule has 1 N–H and O–H groups in total. The summed E-state index contributed by atoms with van der Waals surface area (Å²) in [5.41, 5.74) is 1.64. The zero-order chi connectivity index (χ0) is 10.7. The van der Waals surface area contributed by atoms with E-state index in [0.717, 1.165) is 30.8 Å². The van der Waals surface area contributed by atoms with Crippen LogP contribution in [0.15, 0.2) is 12.3 Å². The van der Waals surface area contributed by atoms with Gasteiger partial charge in [0.2, 0.25) is 0 Å². The third-order valence-electron chi connectivity index (χ3n) is 2.39. The summed E-state index contributed by atoms with van der Waals surface area (Å²) in [6.07, 6.45) is 3.62. The highest BCUT2D eigenvalue weighted by Crippen LogP contribution is 2.20. The molecule has 1 aromatic heterocycles. The number of esters is 1. The Labute approximate surface area is 88.7 Å². The van der Waals surface area contributed by atoms with E-state index in [1.54, 1.807) is 13.1 Å². The maximum absolute atomic E-state index is 11.4. The molecule has 0 aromatic carbocycles. The fraction of sp³-hybridized carbons (Fsp3) is 0.455. The van der Waals surface area contributed by atoms with Crippen LogP contribution >= 0.6 is 0 Å². The van der Waals surface area contributed by atoms with Crippen molar-refractivity contribution in [2.24, 2.45) is 0 Å². The van der Waals surface area contributed by atoms with E-state index < -0.39 is 0 Å². The van der Waals surface area contributed by atoms with Gasteiger partial charge in [-0.1, -0.05) is 0 Å². The van der Waals surface area contributed by atoms with Crippen LogP contribution in [0, 0.1) is 0 Å². The van der Waals surface area contributed by atoms with Gasteiger partial charge in [-0.3, -0.25) is 0 Å². The molecule has 0 aliphatic carbocycles. The summed E-state index contributed by atoms with van der Waals surface area (Å²) in [6, 6.07) is 1.87. The number of carbonyl (C=O) groups is 1. The van der Waals surface area contributed by atoms with Gasteiger partial charge < -0.3 is 10.1 Å². The summed E-state index contributed by atoms with van der Waals surface area (Å²) in [6.45, 7) is 3.15. The monoisotopic (exact) mass is 206 g/mol. The van der Waals surface area contributed by atoms with E-state index in [2.05, 4.69) is 10.3 Å². The zero-order valence-corrected chi connectivity index (χ0v) is 8.75. The first-order chi connectivity index (χ1) is 7.31. The molecule has 0 spiro atoms. The van der Waals surface area contributed by atoms with Crippen molar-refractivity contribution in [1.82, 2.24) is 4.98 Å². The summed E-state index contributed by atoms with van der Waals surface area (Å²) in [4.78, 5) is 15.7. The molecular formula is C11H14N2O2. The molecule has 4 nitrogen and oxygen atoms in total. The van der Waals surface area contributed by atoms with Crippen LogP contribution in [0.25, 0.3) is 0 Å². The third-order valence-corrected chi connectivity index (χ3v) is 2.39. The normalized spacial score (nSPS) is 13.9. The van der Waals surface area contributed by atoms with E-state index in [4.69, 9.17) is 4.74 Å². The minimum absolute atomic E-state index is 0.293. The summed E-state index contributed by atoms with van der Waals surface area (Å²) in [5, 5.41) is 3.20. The second kappa shape index (κ2) is 4.29. The molecule has 0 fully saturated rings. The minimum atomic E-state index is -0.293. The molecular weight excluding hydrogens is 192 g/mol. The number of nitrogens with zero attached hydrogens (tertiary/aromatic N) is 1. The van der Waals surface area contributed by atoms with E-state index in [9.17, 15) is 4.79 Å². The van der Waals surface area contributed by atoms with Gasteiger partial charge in [-0.2, -0.15) is 0 Å². The molecule has 2 heterocycles. The standard InChI is InChI=1S/C11H14N2O2/c1-2-15-11(14)9-6-8-4-3-5-12-10(8)13-7-9/h6-7H,2-5H2,1H3,(H,12,13). The maximum atomic E-state index is 11.4. The van der Waals surface area contributed by atoms with E-state index in [1.807, 2.05) is 6.07 Å². The number of nitrogens with one attached hydrogen (secondary N) is 1. The molecule has 0 bridgehead atoms. The average molecular weight is 206 g/mol. The highest BCUT2D eigenvalue weighted by atomic mass is 16.5. The number of anilines is 1. The van der Waals surface area contributed by atoms with Crippen molar-refractivity contribution >= 4 is 11.8 Å². The van der Waals surface area contributed by atoms with Gasteiger partial charge in [0.1, 0.15) is 5.82 Å². The molecule has 0 atom stereocenters. The van der Waals surface area contributed by atoms with Crippen molar-refractivity contribution in [2.45, 2.75) is 19.8 Å². The lowest BCUT2D eigenvalue weighted by atomic mass is 10.1. The predicted molar refractivity (Wildman–Crippen MR) is 57.0 cm³/mol. The Balaban J connectivity index is 2.24. The molecule has 0 radical (unpaired) electrons. The van der Waals surface area contributed by atoms with Crippen LogP contribution < -0.4 is 5.32 Å². The Kier molecular flexibility index (Phi) is 2.85. The number of rotatable bonds is 2. The molecule has 1 aromatic rings. The largest absolute Gasteiger partial charge is 0.462 e. The van der Waals surface area contributed by atoms with Gasteiger partial charge in [-0.25, -0.2) is 9.78 Å². The molecule has 1 aliphatic heterocycles. The van der Waals surface area contributed by atoms with Crippen LogP contribution in [0.1, 0.15) is 29.3 Å². The maximum Gasteiger partial charge on any atom is 0.339 e. The number of hydrogen-bond acceptors (Lipinski definition) is 4. The lowest BCUT2D eigenvalue weighted by molar-refractivity contribution is 0.0526. The quantitative estimate of drug-likeness (QED) is 0.747. The topological polar surface area (TPSA) is 51.2 Å². The van der Waals surface area contributed by atoms with Gasteiger partial charge in [0.25, 0.3) is 0 Å². The Hall–Kier alpha value is -1.58. The number of hydrogen-bond donors (Lipinski definition) is 1. The number of carbonyl (C=O) groups excluding carboxylic acids is 1. The van der Waals surface area contributed by atoms with Gasteiger partial charge in [0, 0.05) is 12.7 Å². The molecule has 0 unspecified atom stereocenters. The third kappa shape index (κ3) is 2.09. The summed E-state index contributed by atoms with van der Waals surface area (Å²) < 4.78 is 4.92. The molecule has 80 valence electrons. The van der Waals surface area contributed by atoms with Crippen molar-refractivity contribution < 1.29 is 9.53 Å². The molecule has 0 saturated heterocycles. The van der Waals surface area contributed by atoms with E-state index >= 15 is 0 Å². The van der Waals surface area contributed by atoms with Crippen molar-refractivity contribution in [3.63, 3.8) is 0 Å². The van der Waals surface area contributed by atoms with Crippen LogP contribution in [-0.2, 0) is 11.2 Å². The first-order valence-corrected chi connectivity index (χ1v) is 5.21. The minimum Gasteiger partial charge on any atom is -0.462 e. The van der Waals surface area contributed by atoms with E-state index in [-0.39, 0.29) is 5.97 Å². The number of pyridine rings is 1. The molecule has 1 aliphatic rings. The van der Waals surface area contributed by atoms with Crippen LogP contribution in [0.5, 0.6) is 0 Å². The number of aromatic nitrogens is 1. The predicted octanol–water partition coefficient (Wildman–Crippen LogP) is 1.62. The number of fused-ring (bicyclic) bond motifs is 1. The zero-order valence-electron chi connectivity index (χ0n) is 8.75. The second-order valence-corrected chi connectivity index (χ2v) is 3.48. The summed E-state index contributed by atoms with van der Waals surface area (Å²) >= 11 is 0. The number of aryl methyl sites for hydroxylation is 1. The lowest BCUT2D eigenvalue weighted by Gasteiger charge is -2.16. The van der Waals surface area contributed by atoms with E-state index in [1.165, 1.54) is 0 Å². The smallest absolute Gasteiger partial charge is 0.339 e. The summed E-state index contributed by atoms with van der Waals surface area (Å²) in [7, 11) is 0. The van der Waals surface area contributed by atoms with Gasteiger partial charge in [0.05, 0.1) is 12.2 Å². The highest BCUT2D eigenvalue weighted by Gasteiger charge is 2.13. The van der Waals surface area contributed by atoms with Crippen LogP contribution in [0.4, 0.5) is 5.82 Å². The Morgan fingerprint density at radius 3 is 3.33 bits per heavy atom. The molecule has 2 rings (SSSR count). The SMILES string of the molecule is CCOC(=O)c1cnc2c(c1)CCCN2. The molecule has 15 heavy (non-hydrogen) atoms. The highest BCUT2D eigenvalue weighted by molar-refractivity contribution is 5.89. The first-order valence-electron chi connectivity index (χ1n) is 5.21. The van der Waals surface area contributed by atoms with Crippen LogP contribution in [-0.4, -0.2) is 24.1 Å². The first kappa shape index (κ1) is 9.96. The van der Waals surface area contributed by atoms with Crippen molar-refractivity contribution in [2.75, 3.05) is 18.5 Å². The van der Waals surface area contributed by atoms with Gasteiger partial charge in [0.15, 0.2) is 0 Å². The lowest BCUT2D eigenvalue weighted by Crippen LogP contribution is -2.15. The van der Waals surface area contributed by atoms with E-state index in [0.29, 0.717) is 12.2 Å². The van der Waals surface area contributed by atoms with Gasteiger partial charge in [-0.15, -0.1) is 0 Å². The van der Waals surface area contributed by atoms with Crippen LogP contribution in [0.3, 0.4) is 0 Å². The molecule has 4 heteroatoms. The van der Waals surface area contributed by atoms with Crippen molar-refractivity contribution in [3.05, 3.63) is 23.4 Å². The van der Waals surface area contributed by atoms with Crippen molar-refractivity contribution in [1.29, 1.82) is 0 Å². The van der Waals surface area contributed by atoms with Gasteiger partial charge in [-0.05, 0) is 31.4 Å². The van der Waals surface area contributed by atoms with Crippen molar-refractivity contribution in [3.8, 4) is 0 Å². The number of ether oxygens (including phenoxy) is 1. The van der Waals surface area contributed by atoms with Crippen LogP contribution in [0.2, 0.25) is 0 Å². The average Bonchev–Trinajstić information content (AvgIpc) is 2.29. The fourth-order valence-electron chi connectivity index (χ4n) is 1.67. The summed E-state index contributed by atoms with van der Waals surface area (Å²) in [5.74, 6) is 0.604. The Bertz CT molecular complexity index is 377. The second-order valence-electron chi connectivity index (χ2n) is 3.48.